The lowest BCUT2D eigenvalue weighted by molar-refractivity contribution is -0.123. The second-order valence-electron chi connectivity index (χ2n) is 14.1. The van der Waals surface area contributed by atoms with Crippen molar-refractivity contribution in [2.24, 2.45) is 0 Å². The van der Waals surface area contributed by atoms with Gasteiger partial charge in [-0.2, -0.15) is 0 Å². The molecule has 0 aliphatic heterocycles. The highest BCUT2D eigenvalue weighted by Crippen LogP contribution is 2.15. The van der Waals surface area contributed by atoms with Crippen LogP contribution in [0, 0.1) is 0 Å². The Labute approximate surface area is 282 Å². The van der Waals surface area contributed by atoms with E-state index < -0.39 is 12.1 Å². The number of nitrogens with one attached hydrogen (secondary N) is 1. The summed E-state index contributed by atoms with van der Waals surface area (Å²) in [5.41, 5.74) is 0. The summed E-state index contributed by atoms with van der Waals surface area (Å²) in [6.45, 7) is 4.32. The Hall–Kier alpha value is -0.870. The van der Waals surface area contributed by atoms with Crippen molar-refractivity contribution in [3.63, 3.8) is 0 Å². The van der Waals surface area contributed by atoms with Gasteiger partial charge < -0.3 is 15.5 Å². The quantitative estimate of drug-likeness (QED) is 0.0470. The fourth-order valence-electron chi connectivity index (χ4n) is 6.35. The monoisotopic (exact) mass is 636 g/mol. The molecule has 4 heteroatoms. The smallest absolute Gasteiger partial charge is 0.220 e. The van der Waals surface area contributed by atoms with Crippen LogP contribution in [0.5, 0.6) is 0 Å². The van der Waals surface area contributed by atoms with Gasteiger partial charge in [-0.3, -0.25) is 4.79 Å². The van der Waals surface area contributed by atoms with Crippen LogP contribution in [0.3, 0.4) is 0 Å². The Bertz CT molecular complexity index is 608. The summed E-state index contributed by atoms with van der Waals surface area (Å²) >= 11 is 0. The third kappa shape index (κ3) is 34.3. The third-order valence-electron chi connectivity index (χ3n) is 9.52. The molecule has 0 aliphatic carbocycles. The van der Waals surface area contributed by atoms with E-state index in [0.29, 0.717) is 6.42 Å². The normalized spacial score (nSPS) is 13.1. The average Bonchev–Trinajstić information content (AvgIpc) is 3.04. The maximum absolute atomic E-state index is 12.3. The van der Waals surface area contributed by atoms with Crippen LogP contribution < -0.4 is 5.32 Å². The molecule has 0 aliphatic rings. The molecular weight excluding hydrogens is 554 g/mol. The van der Waals surface area contributed by atoms with Gasteiger partial charge in [0.05, 0.1) is 18.8 Å². The molecule has 268 valence electrons. The second kappa shape index (κ2) is 37.6. The minimum atomic E-state index is -0.832. The van der Waals surface area contributed by atoms with Gasteiger partial charge in [-0.05, 0) is 19.3 Å². The van der Waals surface area contributed by atoms with Gasteiger partial charge in [0.25, 0.3) is 0 Å². The van der Waals surface area contributed by atoms with Crippen LogP contribution in [0.15, 0.2) is 12.2 Å². The molecule has 4 nitrogen and oxygen atoms in total. The Balaban J connectivity index is 3.56. The van der Waals surface area contributed by atoms with Crippen LogP contribution in [0.2, 0.25) is 0 Å². The summed E-state index contributed by atoms with van der Waals surface area (Å²) in [6.07, 6.45) is 45.9. The summed E-state index contributed by atoms with van der Waals surface area (Å²) in [6, 6.07) is -0.615. The molecule has 0 aromatic carbocycles. The molecule has 0 spiro atoms. The van der Waals surface area contributed by atoms with Crippen LogP contribution in [-0.4, -0.2) is 34.9 Å². The molecule has 0 fully saturated rings. The van der Waals surface area contributed by atoms with Crippen molar-refractivity contribution < 1.29 is 15.0 Å². The zero-order valence-corrected chi connectivity index (χ0v) is 30.7. The van der Waals surface area contributed by atoms with Crippen molar-refractivity contribution in [2.45, 2.75) is 238 Å². The van der Waals surface area contributed by atoms with Crippen molar-refractivity contribution in [3.05, 3.63) is 12.2 Å². The number of aliphatic hydroxyl groups excluding tert-OH is 2. The molecule has 3 N–H and O–H groups in total. The van der Waals surface area contributed by atoms with Gasteiger partial charge in [0, 0.05) is 6.42 Å². The highest BCUT2D eigenvalue weighted by molar-refractivity contribution is 5.76. The van der Waals surface area contributed by atoms with Crippen LogP contribution in [0.25, 0.3) is 0 Å². The van der Waals surface area contributed by atoms with E-state index in [0.717, 1.165) is 25.7 Å². The number of allylic oxidation sites excluding steroid dienone is 1. The first kappa shape index (κ1) is 44.1. The zero-order valence-electron chi connectivity index (χ0n) is 30.7. The van der Waals surface area contributed by atoms with Gasteiger partial charge in [0.2, 0.25) is 5.91 Å². The largest absolute Gasteiger partial charge is 0.394 e. The Morgan fingerprint density at radius 2 is 0.822 bits per heavy atom. The van der Waals surface area contributed by atoms with Gasteiger partial charge >= 0.3 is 0 Å². The topological polar surface area (TPSA) is 69.6 Å². The fraction of sp³-hybridized carbons (Fsp3) is 0.927. The summed E-state index contributed by atoms with van der Waals surface area (Å²) in [5.74, 6) is -0.0609. The predicted octanol–water partition coefficient (Wildman–Crippen LogP) is 12.3. The van der Waals surface area contributed by atoms with Crippen molar-refractivity contribution in [1.29, 1.82) is 0 Å². The molecule has 0 saturated heterocycles. The van der Waals surface area contributed by atoms with E-state index in [1.165, 1.54) is 180 Å². The number of hydrogen-bond donors (Lipinski definition) is 3. The highest BCUT2D eigenvalue weighted by Gasteiger charge is 2.17. The van der Waals surface area contributed by atoms with Crippen molar-refractivity contribution in [2.75, 3.05) is 6.61 Å². The summed E-state index contributed by atoms with van der Waals surface area (Å²) in [4.78, 5) is 12.3. The SMILES string of the molecule is CCCCCCCCCCCCCCCCC/C=C/[C@@H](O)[C@H](CO)NC(=O)CCCCCCCCCCCCCCCCCC. The number of aliphatic hydroxyl groups is 2. The molecule has 0 saturated carbocycles. The van der Waals surface area contributed by atoms with Gasteiger partial charge in [-0.25, -0.2) is 0 Å². The number of rotatable bonds is 37. The summed E-state index contributed by atoms with van der Waals surface area (Å²) in [5, 5.41) is 23.0. The van der Waals surface area contributed by atoms with E-state index in [9.17, 15) is 15.0 Å². The van der Waals surface area contributed by atoms with Gasteiger partial charge in [-0.15, -0.1) is 0 Å². The highest BCUT2D eigenvalue weighted by atomic mass is 16.3. The third-order valence-corrected chi connectivity index (χ3v) is 9.52. The second-order valence-corrected chi connectivity index (χ2v) is 14.1. The Morgan fingerprint density at radius 3 is 1.16 bits per heavy atom. The lowest BCUT2D eigenvalue weighted by Crippen LogP contribution is -2.45. The van der Waals surface area contributed by atoms with Crippen LogP contribution >= 0.6 is 0 Å². The molecule has 0 aromatic rings. The molecule has 1 amide bonds. The molecule has 0 bridgehead atoms. The average molecular weight is 636 g/mol. The molecule has 0 unspecified atom stereocenters. The lowest BCUT2D eigenvalue weighted by atomic mass is 10.0. The maximum Gasteiger partial charge on any atom is 0.220 e. The van der Waals surface area contributed by atoms with E-state index in [1.54, 1.807) is 6.08 Å². The molecule has 2 atom stereocenters. The van der Waals surface area contributed by atoms with Crippen LogP contribution in [-0.2, 0) is 4.79 Å². The van der Waals surface area contributed by atoms with Crippen molar-refractivity contribution in [3.8, 4) is 0 Å². The van der Waals surface area contributed by atoms with E-state index in [1.807, 2.05) is 6.08 Å². The number of hydrogen-bond acceptors (Lipinski definition) is 3. The zero-order chi connectivity index (χ0) is 32.9. The maximum atomic E-state index is 12.3. The van der Waals surface area contributed by atoms with Gasteiger partial charge in [-0.1, -0.05) is 212 Å². The van der Waals surface area contributed by atoms with E-state index >= 15 is 0 Å². The predicted molar refractivity (Wildman–Crippen MR) is 198 cm³/mol. The number of amides is 1. The molecular formula is C41H81NO3. The Kier molecular flexibility index (Phi) is 36.9. The molecule has 0 rings (SSSR count). The molecule has 0 aromatic heterocycles. The summed E-state index contributed by atoms with van der Waals surface area (Å²) < 4.78 is 0. The first-order valence-corrected chi connectivity index (χ1v) is 20.4. The van der Waals surface area contributed by atoms with E-state index in [4.69, 9.17) is 0 Å². The fourth-order valence-corrected chi connectivity index (χ4v) is 6.35. The van der Waals surface area contributed by atoms with Gasteiger partial charge in [0.15, 0.2) is 0 Å². The van der Waals surface area contributed by atoms with E-state index in [-0.39, 0.29) is 12.5 Å². The molecule has 0 heterocycles. The first-order valence-electron chi connectivity index (χ1n) is 20.4. The number of unbranched alkanes of at least 4 members (excludes halogenated alkanes) is 30. The first-order chi connectivity index (χ1) is 22.2. The molecule has 45 heavy (non-hydrogen) atoms. The van der Waals surface area contributed by atoms with Crippen molar-refractivity contribution in [1.82, 2.24) is 5.32 Å². The minimum Gasteiger partial charge on any atom is -0.394 e. The number of carbonyl (C=O) groups is 1. The van der Waals surface area contributed by atoms with Crippen LogP contribution in [0.1, 0.15) is 226 Å². The Morgan fingerprint density at radius 1 is 0.511 bits per heavy atom. The standard InChI is InChI=1S/C41H81NO3/c1-3-5-7-9-11-13-15-17-19-21-22-24-26-28-30-32-34-36-40(44)39(38-43)42-41(45)37-35-33-31-29-27-25-23-20-18-16-14-12-10-8-6-4-2/h34,36,39-40,43-44H,3-33,35,37-38H2,1-2H3,(H,42,45)/b36-34+/t39-,40+/m0/s1. The lowest BCUT2D eigenvalue weighted by Gasteiger charge is -2.20. The molecule has 0 radical (unpaired) electrons. The minimum absolute atomic E-state index is 0.0609. The van der Waals surface area contributed by atoms with Crippen molar-refractivity contribution >= 4 is 5.91 Å². The van der Waals surface area contributed by atoms with Crippen LogP contribution in [0.4, 0.5) is 0 Å². The van der Waals surface area contributed by atoms with E-state index in [2.05, 4.69) is 19.2 Å². The number of carbonyl (C=O) groups excluding carboxylic acids is 1. The van der Waals surface area contributed by atoms with Gasteiger partial charge in [0.1, 0.15) is 0 Å². The summed E-state index contributed by atoms with van der Waals surface area (Å²) in [7, 11) is 0.